The molecule has 0 spiro atoms. The first-order valence-electron chi connectivity index (χ1n) is 8.85. The fourth-order valence-electron chi connectivity index (χ4n) is 2.73. The van der Waals surface area contributed by atoms with Gasteiger partial charge in [-0.2, -0.15) is 0 Å². The highest BCUT2D eigenvalue weighted by molar-refractivity contribution is 5.87. The van der Waals surface area contributed by atoms with Crippen LogP contribution in [0.15, 0.2) is 36.4 Å². The van der Waals surface area contributed by atoms with Crippen molar-refractivity contribution in [2.45, 2.75) is 53.5 Å². The fraction of sp³-hybridized carbons (Fsp3) is 0.524. The Kier molecular flexibility index (Phi) is 6.47. The van der Waals surface area contributed by atoms with Crippen molar-refractivity contribution < 1.29 is 4.74 Å². The Hall–Kier alpha value is -1.54. The zero-order valence-electron chi connectivity index (χ0n) is 15.1. The van der Waals surface area contributed by atoms with E-state index in [-0.39, 0.29) is 5.41 Å². The number of unbranched alkanes of at least 4 members (excludes halogenated alkanes) is 2. The molecule has 0 amide bonds. The van der Waals surface area contributed by atoms with Gasteiger partial charge in [0.15, 0.2) is 0 Å². The van der Waals surface area contributed by atoms with Crippen molar-refractivity contribution in [3.63, 3.8) is 0 Å². The van der Waals surface area contributed by atoms with Gasteiger partial charge in [0, 0.05) is 18.7 Å². The lowest BCUT2D eigenvalue weighted by Gasteiger charge is -2.20. The molecular weight excluding hydrogens is 282 g/mol. The van der Waals surface area contributed by atoms with Crippen LogP contribution in [0.4, 0.5) is 0 Å². The summed E-state index contributed by atoms with van der Waals surface area (Å²) in [4.78, 5) is 0. The minimum Gasteiger partial charge on any atom is -0.493 e. The van der Waals surface area contributed by atoms with E-state index >= 15 is 0 Å². The molecule has 0 bridgehead atoms. The molecule has 126 valence electrons. The molecule has 0 unspecified atom stereocenters. The maximum absolute atomic E-state index is 6.09. The summed E-state index contributed by atoms with van der Waals surface area (Å²) in [5, 5.41) is 6.17. The molecular formula is C21H31NO. The predicted molar refractivity (Wildman–Crippen MR) is 100 cm³/mol. The average molecular weight is 313 g/mol. The van der Waals surface area contributed by atoms with Gasteiger partial charge in [-0.25, -0.2) is 0 Å². The smallest absolute Gasteiger partial charge is 0.124 e. The Bertz CT molecular complexity index is 613. The van der Waals surface area contributed by atoms with E-state index in [1.807, 2.05) is 0 Å². The van der Waals surface area contributed by atoms with Gasteiger partial charge in [-0.05, 0) is 28.7 Å². The lowest BCUT2D eigenvalue weighted by molar-refractivity contribution is 0.302. The summed E-state index contributed by atoms with van der Waals surface area (Å²) in [5.41, 5.74) is 1.57. The van der Waals surface area contributed by atoms with Crippen LogP contribution in [0.5, 0.6) is 5.75 Å². The fourth-order valence-corrected chi connectivity index (χ4v) is 2.73. The topological polar surface area (TPSA) is 21.3 Å². The second-order valence-electron chi connectivity index (χ2n) is 7.48. The highest BCUT2D eigenvalue weighted by Crippen LogP contribution is 2.28. The first-order valence-corrected chi connectivity index (χ1v) is 8.85. The van der Waals surface area contributed by atoms with Gasteiger partial charge in [-0.15, -0.1) is 0 Å². The van der Waals surface area contributed by atoms with E-state index in [9.17, 15) is 0 Å². The van der Waals surface area contributed by atoms with Gasteiger partial charge in [0.05, 0.1) is 6.61 Å². The maximum atomic E-state index is 6.09. The number of rotatable bonds is 8. The number of ether oxygens (including phenoxy) is 1. The zero-order valence-corrected chi connectivity index (χ0v) is 15.1. The van der Waals surface area contributed by atoms with Crippen LogP contribution in [0.3, 0.4) is 0 Å². The van der Waals surface area contributed by atoms with Gasteiger partial charge < -0.3 is 10.1 Å². The number of hydrogen-bond acceptors (Lipinski definition) is 2. The first-order chi connectivity index (χ1) is 11.0. The van der Waals surface area contributed by atoms with E-state index in [4.69, 9.17) is 4.74 Å². The van der Waals surface area contributed by atoms with Crippen LogP contribution >= 0.6 is 0 Å². The van der Waals surface area contributed by atoms with Crippen molar-refractivity contribution in [3.05, 3.63) is 42.0 Å². The lowest BCUT2D eigenvalue weighted by atomic mass is 9.96. The third-order valence-electron chi connectivity index (χ3n) is 3.96. The van der Waals surface area contributed by atoms with Crippen molar-refractivity contribution in [2.75, 3.05) is 13.2 Å². The van der Waals surface area contributed by atoms with Crippen LogP contribution in [0.25, 0.3) is 10.8 Å². The summed E-state index contributed by atoms with van der Waals surface area (Å²) in [7, 11) is 0. The molecule has 2 nitrogen and oxygen atoms in total. The summed E-state index contributed by atoms with van der Waals surface area (Å²) in [6.45, 7) is 11.6. The van der Waals surface area contributed by atoms with Crippen LogP contribution in [-0.2, 0) is 6.54 Å². The Labute approximate surface area is 141 Å². The summed E-state index contributed by atoms with van der Waals surface area (Å²) >= 11 is 0. The molecule has 2 aromatic carbocycles. The normalized spacial score (nSPS) is 11.8. The van der Waals surface area contributed by atoms with Crippen molar-refractivity contribution in [1.82, 2.24) is 5.32 Å². The van der Waals surface area contributed by atoms with E-state index in [1.54, 1.807) is 0 Å². The molecule has 2 heteroatoms. The van der Waals surface area contributed by atoms with E-state index in [1.165, 1.54) is 29.2 Å². The molecule has 0 heterocycles. The highest BCUT2D eigenvalue weighted by atomic mass is 16.5. The summed E-state index contributed by atoms with van der Waals surface area (Å²) < 4.78 is 6.09. The lowest BCUT2D eigenvalue weighted by Crippen LogP contribution is -2.26. The minimum absolute atomic E-state index is 0.284. The van der Waals surface area contributed by atoms with Crippen LogP contribution in [0, 0.1) is 5.41 Å². The third-order valence-corrected chi connectivity index (χ3v) is 3.96. The highest BCUT2D eigenvalue weighted by Gasteiger charge is 2.12. The van der Waals surface area contributed by atoms with Gasteiger partial charge >= 0.3 is 0 Å². The van der Waals surface area contributed by atoms with Crippen molar-refractivity contribution in [3.8, 4) is 5.75 Å². The second kappa shape index (κ2) is 8.35. The van der Waals surface area contributed by atoms with E-state index in [2.05, 4.69) is 69.4 Å². The van der Waals surface area contributed by atoms with Crippen LogP contribution in [-0.4, -0.2) is 13.2 Å². The van der Waals surface area contributed by atoms with Gasteiger partial charge in [0.1, 0.15) is 5.75 Å². The largest absolute Gasteiger partial charge is 0.493 e. The van der Waals surface area contributed by atoms with Crippen LogP contribution in [0.2, 0.25) is 0 Å². The summed E-state index contributed by atoms with van der Waals surface area (Å²) in [6, 6.07) is 12.9. The zero-order chi connectivity index (χ0) is 16.7. The van der Waals surface area contributed by atoms with E-state index in [0.29, 0.717) is 0 Å². The molecule has 0 radical (unpaired) electrons. The number of hydrogen-bond donors (Lipinski definition) is 1. The molecule has 0 aliphatic carbocycles. The number of fused-ring (bicyclic) bond motifs is 1. The molecule has 0 saturated heterocycles. The molecule has 1 N–H and O–H groups in total. The Balaban J connectivity index is 2.17. The van der Waals surface area contributed by atoms with Gasteiger partial charge in [-0.3, -0.25) is 0 Å². The Morgan fingerprint density at radius 3 is 2.52 bits per heavy atom. The SMILES string of the molecule is CCCCCOc1ccc2ccccc2c1CNCC(C)(C)C. The molecule has 2 rings (SSSR count). The monoisotopic (exact) mass is 313 g/mol. The van der Waals surface area contributed by atoms with Crippen molar-refractivity contribution >= 4 is 10.8 Å². The maximum Gasteiger partial charge on any atom is 0.124 e. The molecule has 0 aromatic heterocycles. The standard InChI is InChI=1S/C21H31NO/c1-5-6-9-14-23-20-13-12-17-10-7-8-11-18(17)19(20)15-22-16-21(2,3)4/h7-8,10-13,22H,5-6,9,14-16H2,1-4H3. The Morgan fingerprint density at radius 2 is 1.78 bits per heavy atom. The second-order valence-corrected chi connectivity index (χ2v) is 7.48. The minimum atomic E-state index is 0.284. The Morgan fingerprint density at radius 1 is 1.00 bits per heavy atom. The van der Waals surface area contributed by atoms with Crippen molar-refractivity contribution in [2.24, 2.45) is 5.41 Å². The number of nitrogens with one attached hydrogen (secondary N) is 1. The molecule has 0 fully saturated rings. The molecule has 23 heavy (non-hydrogen) atoms. The van der Waals surface area contributed by atoms with Gasteiger partial charge in [0.2, 0.25) is 0 Å². The van der Waals surface area contributed by atoms with Crippen molar-refractivity contribution in [1.29, 1.82) is 0 Å². The number of benzene rings is 2. The van der Waals surface area contributed by atoms with Gasteiger partial charge in [0.25, 0.3) is 0 Å². The summed E-state index contributed by atoms with van der Waals surface area (Å²) in [5.74, 6) is 1.03. The average Bonchev–Trinajstić information content (AvgIpc) is 2.51. The first kappa shape index (κ1) is 17.8. The predicted octanol–water partition coefficient (Wildman–Crippen LogP) is 5.54. The molecule has 2 aromatic rings. The summed E-state index contributed by atoms with van der Waals surface area (Å²) in [6.07, 6.45) is 3.57. The third kappa shape index (κ3) is 5.54. The van der Waals surface area contributed by atoms with E-state index in [0.717, 1.165) is 31.9 Å². The van der Waals surface area contributed by atoms with Crippen LogP contribution in [0.1, 0.15) is 52.5 Å². The van der Waals surface area contributed by atoms with Gasteiger partial charge in [-0.1, -0.05) is 70.9 Å². The molecule has 0 aliphatic heterocycles. The quantitative estimate of drug-likeness (QED) is 0.646. The van der Waals surface area contributed by atoms with Crippen LogP contribution < -0.4 is 10.1 Å². The van der Waals surface area contributed by atoms with E-state index < -0.39 is 0 Å². The molecule has 0 aliphatic rings. The molecule has 0 saturated carbocycles. The molecule has 0 atom stereocenters.